The Hall–Kier alpha value is -2.48. The summed E-state index contributed by atoms with van der Waals surface area (Å²) in [7, 11) is 0. The van der Waals surface area contributed by atoms with Crippen molar-refractivity contribution < 1.29 is 9.90 Å². The molecule has 2 aromatic heterocycles. The van der Waals surface area contributed by atoms with Crippen molar-refractivity contribution in [2.24, 2.45) is 0 Å². The molecule has 2 heterocycles. The minimum absolute atomic E-state index is 0.0140. The molecule has 0 aromatic carbocycles. The third-order valence-corrected chi connectivity index (χ3v) is 4.73. The summed E-state index contributed by atoms with van der Waals surface area (Å²) in [6, 6.07) is 3.71. The van der Waals surface area contributed by atoms with Crippen LogP contribution < -0.4 is 16.2 Å². The van der Waals surface area contributed by atoms with E-state index < -0.39 is 0 Å². The van der Waals surface area contributed by atoms with Crippen LogP contribution in [0, 0.1) is 0 Å². The van der Waals surface area contributed by atoms with Crippen LogP contribution in [0.5, 0.6) is 0 Å². The molecule has 0 aliphatic heterocycles. The molecule has 1 aliphatic carbocycles. The van der Waals surface area contributed by atoms with Gasteiger partial charge in [-0.15, -0.1) is 0 Å². The second kappa shape index (κ2) is 8.27. The Balaban J connectivity index is 1.73. The fraction of sp³-hybridized carbons (Fsp3) is 0.556. The zero-order chi connectivity index (χ0) is 18.5. The van der Waals surface area contributed by atoms with Crippen molar-refractivity contribution >= 4 is 22.9 Å². The van der Waals surface area contributed by atoms with Crippen molar-refractivity contribution in [2.75, 3.05) is 11.9 Å². The fourth-order valence-corrected chi connectivity index (χ4v) is 3.44. The van der Waals surface area contributed by atoms with E-state index in [2.05, 4.69) is 20.6 Å². The highest BCUT2D eigenvalue weighted by Gasteiger charge is 2.22. The minimum Gasteiger partial charge on any atom is -0.396 e. The smallest absolute Gasteiger partial charge is 0.252 e. The number of aliphatic hydroxyl groups is 1. The van der Waals surface area contributed by atoms with Gasteiger partial charge in [0.25, 0.3) is 5.56 Å². The van der Waals surface area contributed by atoms with Gasteiger partial charge in [-0.1, -0.05) is 0 Å². The Kier molecular flexibility index (Phi) is 5.82. The summed E-state index contributed by atoms with van der Waals surface area (Å²) in [5.74, 6) is 0.518. The average molecular weight is 359 g/mol. The quantitative estimate of drug-likeness (QED) is 0.711. The van der Waals surface area contributed by atoms with E-state index in [-0.39, 0.29) is 30.2 Å². The molecule has 0 atom stereocenters. The third kappa shape index (κ3) is 4.37. The van der Waals surface area contributed by atoms with Crippen LogP contribution in [0.2, 0.25) is 0 Å². The van der Waals surface area contributed by atoms with Crippen LogP contribution in [0.1, 0.15) is 39.0 Å². The van der Waals surface area contributed by atoms with Crippen molar-refractivity contribution in [1.82, 2.24) is 19.9 Å². The van der Waals surface area contributed by atoms with Crippen LogP contribution in [-0.2, 0) is 11.3 Å². The van der Waals surface area contributed by atoms with Crippen LogP contribution in [0.15, 0.2) is 23.1 Å². The molecule has 0 unspecified atom stereocenters. The van der Waals surface area contributed by atoms with Crippen LogP contribution in [-0.4, -0.2) is 44.2 Å². The van der Waals surface area contributed by atoms with Gasteiger partial charge in [0.05, 0.1) is 0 Å². The lowest BCUT2D eigenvalue weighted by Gasteiger charge is -2.29. The van der Waals surface area contributed by atoms with E-state index in [1.807, 2.05) is 0 Å². The predicted octanol–water partition coefficient (Wildman–Crippen LogP) is 1.03. The molecule has 2 aromatic rings. The maximum atomic E-state index is 12.1. The molecule has 0 spiro atoms. The molecule has 1 aliphatic rings. The first-order valence-electron chi connectivity index (χ1n) is 9.08. The van der Waals surface area contributed by atoms with E-state index in [9.17, 15) is 9.59 Å². The number of rotatable bonds is 6. The van der Waals surface area contributed by atoms with Gasteiger partial charge in [-0.3, -0.25) is 14.2 Å². The van der Waals surface area contributed by atoms with Crippen molar-refractivity contribution in [3.05, 3.63) is 28.7 Å². The maximum absolute atomic E-state index is 12.1. The molecule has 1 saturated carbocycles. The largest absolute Gasteiger partial charge is 0.396 e. The number of aliphatic hydroxyl groups excluding tert-OH is 1. The highest BCUT2D eigenvalue weighted by Crippen LogP contribution is 2.21. The molecule has 26 heavy (non-hydrogen) atoms. The van der Waals surface area contributed by atoms with Crippen LogP contribution in [0.4, 0.5) is 5.95 Å². The molecule has 1 fully saturated rings. The van der Waals surface area contributed by atoms with Crippen LogP contribution in [0.25, 0.3) is 11.0 Å². The summed E-state index contributed by atoms with van der Waals surface area (Å²) < 4.78 is 1.58. The molecular formula is C18H25N5O3. The predicted molar refractivity (Wildman–Crippen MR) is 99.0 cm³/mol. The number of hydrogen-bond acceptors (Lipinski definition) is 6. The van der Waals surface area contributed by atoms with Gasteiger partial charge in [-0.25, -0.2) is 4.98 Å². The molecule has 140 valence electrons. The number of aryl methyl sites for hydroxylation is 1. The first-order chi connectivity index (χ1) is 12.6. The summed E-state index contributed by atoms with van der Waals surface area (Å²) in [5, 5.41) is 16.2. The summed E-state index contributed by atoms with van der Waals surface area (Å²) in [6.07, 6.45) is 5.91. The Bertz CT molecular complexity index is 827. The standard InChI is InChI=1S/C18H25N5O3/c1-12(25)20-14-4-6-15(7-5-14)21-18-19-11-13-3-8-16(26)23(9-2-10-24)17(13)22-18/h3,8,11,14-15,24H,2,4-7,9-10H2,1H3,(H,20,25)(H,19,21,22). The Labute approximate surface area is 151 Å². The molecule has 1 amide bonds. The molecule has 3 rings (SSSR count). The van der Waals surface area contributed by atoms with Gasteiger partial charge >= 0.3 is 0 Å². The van der Waals surface area contributed by atoms with Crippen molar-refractivity contribution in [3.8, 4) is 0 Å². The third-order valence-electron chi connectivity index (χ3n) is 4.73. The SMILES string of the molecule is CC(=O)NC1CCC(Nc2ncc3ccc(=O)n(CCCO)c3n2)CC1. The molecule has 0 bridgehead atoms. The first kappa shape index (κ1) is 18.3. The molecule has 8 nitrogen and oxygen atoms in total. The summed E-state index contributed by atoms with van der Waals surface area (Å²) in [5.41, 5.74) is 0.446. The average Bonchev–Trinajstić information content (AvgIpc) is 2.62. The number of nitrogens with zero attached hydrogens (tertiary/aromatic N) is 3. The van der Waals surface area contributed by atoms with Gasteiger partial charge in [0.2, 0.25) is 11.9 Å². The molecule has 0 radical (unpaired) electrons. The highest BCUT2D eigenvalue weighted by molar-refractivity contribution is 5.75. The van der Waals surface area contributed by atoms with Crippen molar-refractivity contribution in [2.45, 2.75) is 57.7 Å². The number of nitrogens with one attached hydrogen (secondary N) is 2. The topological polar surface area (TPSA) is 109 Å². The number of anilines is 1. The Morgan fingerprint density at radius 3 is 2.69 bits per heavy atom. The number of carbonyl (C=O) groups excluding carboxylic acids is 1. The summed E-state index contributed by atoms with van der Waals surface area (Å²) in [4.78, 5) is 32.2. The molecule has 0 saturated heterocycles. The fourth-order valence-electron chi connectivity index (χ4n) is 3.44. The van der Waals surface area contributed by atoms with E-state index in [4.69, 9.17) is 5.11 Å². The summed E-state index contributed by atoms with van der Waals surface area (Å²) in [6.45, 7) is 1.99. The highest BCUT2D eigenvalue weighted by atomic mass is 16.3. The lowest BCUT2D eigenvalue weighted by atomic mass is 9.91. The van der Waals surface area contributed by atoms with Gasteiger partial charge in [0, 0.05) is 49.8 Å². The Morgan fingerprint density at radius 2 is 2.00 bits per heavy atom. The van der Waals surface area contributed by atoms with E-state index in [1.165, 1.54) is 6.07 Å². The van der Waals surface area contributed by atoms with Crippen LogP contribution >= 0.6 is 0 Å². The summed E-state index contributed by atoms with van der Waals surface area (Å²) >= 11 is 0. The van der Waals surface area contributed by atoms with Gasteiger partial charge in [-0.05, 0) is 38.2 Å². The lowest BCUT2D eigenvalue weighted by Crippen LogP contribution is -2.39. The molecule has 8 heteroatoms. The van der Waals surface area contributed by atoms with E-state index >= 15 is 0 Å². The zero-order valence-corrected chi connectivity index (χ0v) is 14.9. The number of carbonyl (C=O) groups is 1. The maximum Gasteiger partial charge on any atom is 0.252 e. The van der Waals surface area contributed by atoms with Gasteiger partial charge in [0.1, 0.15) is 5.65 Å². The lowest BCUT2D eigenvalue weighted by molar-refractivity contribution is -0.119. The minimum atomic E-state index is -0.133. The second-order valence-electron chi connectivity index (χ2n) is 6.77. The second-order valence-corrected chi connectivity index (χ2v) is 6.77. The molecule has 3 N–H and O–H groups in total. The monoisotopic (exact) mass is 359 g/mol. The van der Waals surface area contributed by atoms with Gasteiger partial charge in [0.15, 0.2) is 0 Å². The number of fused-ring (bicyclic) bond motifs is 1. The van der Waals surface area contributed by atoms with E-state index in [0.717, 1.165) is 31.1 Å². The molecular weight excluding hydrogens is 334 g/mol. The van der Waals surface area contributed by atoms with Crippen molar-refractivity contribution in [3.63, 3.8) is 0 Å². The Morgan fingerprint density at radius 1 is 1.27 bits per heavy atom. The van der Waals surface area contributed by atoms with Crippen molar-refractivity contribution in [1.29, 1.82) is 0 Å². The number of pyridine rings is 1. The normalized spacial score (nSPS) is 20.1. The van der Waals surface area contributed by atoms with E-state index in [0.29, 0.717) is 24.6 Å². The number of aromatic nitrogens is 3. The zero-order valence-electron chi connectivity index (χ0n) is 14.9. The van der Waals surface area contributed by atoms with E-state index in [1.54, 1.807) is 23.8 Å². The van der Waals surface area contributed by atoms with Crippen LogP contribution in [0.3, 0.4) is 0 Å². The van der Waals surface area contributed by atoms with Gasteiger partial charge < -0.3 is 15.7 Å². The first-order valence-corrected chi connectivity index (χ1v) is 9.08. The number of amides is 1. The number of hydrogen-bond donors (Lipinski definition) is 3. The van der Waals surface area contributed by atoms with Gasteiger partial charge in [-0.2, -0.15) is 4.98 Å².